The van der Waals surface area contributed by atoms with Crippen LogP contribution in [0, 0.1) is 0 Å². The van der Waals surface area contributed by atoms with Gasteiger partial charge in [0.1, 0.15) is 0 Å². The first kappa shape index (κ1) is 23.4. The van der Waals surface area contributed by atoms with E-state index in [1.165, 1.54) is 0 Å². The van der Waals surface area contributed by atoms with Gasteiger partial charge in [-0.3, -0.25) is 0 Å². The molecule has 1 heterocycles. The molecule has 3 aromatic rings. The van der Waals surface area contributed by atoms with Crippen LogP contribution in [0.4, 0.5) is 0 Å². The molecule has 2 aromatic carbocycles. The number of hydrogen-bond donors (Lipinski definition) is 1. The summed E-state index contributed by atoms with van der Waals surface area (Å²) in [5.41, 5.74) is 2.03. The fraction of sp³-hybridized carbons (Fsp3) is 0.409. The summed E-state index contributed by atoms with van der Waals surface area (Å²) in [4.78, 5) is 0. The number of para-hydroxylation sites is 1. The summed E-state index contributed by atoms with van der Waals surface area (Å²) in [6.07, 6.45) is 1.90. The van der Waals surface area contributed by atoms with Crippen molar-refractivity contribution < 1.29 is 9.47 Å². The van der Waals surface area contributed by atoms with Crippen molar-refractivity contribution in [3.05, 3.63) is 53.1 Å². The predicted molar refractivity (Wildman–Crippen MR) is 125 cm³/mol. The molecule has 0 bridgehead atoms. The Balaban J connectivity index is 1.46. The van der Waals surface area contributed by atoms with E-state index in [9.17, 15) is 0 Å². The van der Waals surface area contributed by atoms with Gasteiger partial charge in [0.05, 0.1) is 23.9 Å². The maximum atomic E-state index is 6.43. The van der Waals surface area contributed by atoms with Gasteiger partial charge in [-0.2, -0.15) is 4.68 Å². The highest BCUT2D eigenvalue weighted by Gasteiger charge is 2.12. The summed E-state index contributed by atoms with van der Waals surface area (Å²) >= 11 is 8.08. The third-order valence-corrected chi connectivity index (χ3v) is 5.61. The monoisotopic (exact) mass is 461 g/mol. The quantitative estimate of drug-likeness (QED) is 0.290. The van der Waals surface area contributed by atoms with Crippen LogP contribution < -0.4 is 14.8 Å². The maximum Gasteiger partial charge on any atom is 0.214 e. The highest BCUT2D eigenvalue weighted by atomic mass is 35.5. The van der Waals surface area contributed by atoms with E-state index in [4.69, 9.17) is 21.1 Å². The van der Waals surface area contributed by atoms with Gasteiger partial charge in [-0.05, 0) is 66.6 Å². The van der Waals surface area contributed by atoms with E-state index in [1.54, 1.807) is 16.4 Å². The van der Waals surface area contributed by atoms with Crippen LogP contribution in [0.2, 0.25) is 5.02 Å². The lowest BCUT2D eigenvalue weighted by Crippen LogP contribution is -2.15. The lowest BCUT2D eigenvalue weighted by molar-refractivity contribution is 0.277. The van der Waals surface area contributed by atoms with E-state index in [0.717, 1.165) is 41.5 Å². The first-order valence-corrected chi connectivity index (χ1v) is 11.8. The Morgan fingerprint density at radius 1 is 1.13 bits per heavy atom. The molecule has 31 heavy (non-hydrogen) atoms. The number of nitrogens with one attached hydrogen (secondary N) is 1. The summed E-state index contributed by atoms with van der Waals surface area (Å²) in [7, 11) is 0. The van der Waals surface area contributed by atoms with Gasteiger partial charge in [-0.15, -0.1) is 5.10 Å². The van der Waals surface area contributed by atoms with Crippen molar-refractivity contribution in [2.45, 2.75) is 38.4 Å². The van der Waals surface area contributed by atoms with Crippen LogP contribution in [0.15, 0.2) is 47.6 Å². The van der Waals surface area contributed by atoms with E-state index >= 15 is 0 Å². The van der Waals surface area contributed by atoms with E-state index in [1.807, 2.05) is 49.4 Å². The molecule has 0 spiro atoms. The Morgan fingerprint density at radius 3 is 2.74 bits per heavy atom. The van der Waals surface area contributed by atoms with Crippen molar-refractivity contribution in [2.75, 3.05) is 25.5 Å². The van der Waals surface area contributed by atoms with Crippen LogP contribution >= 0.6 is 23.4 Å². The van der Waals surface area contributed by atoms with Gasteiger partial charge < -0.3 is 14.8 Å². The number of tetrazole rings is 1. The molecule has 1 aromatic heterocycles. The Labute approximate surface area is 192 Å². The largest absolute Gasteiger partial charge is 0.490 e. The third-order valence-electron chi connectivity index (χ3n) is 4.32. The number of thioether (sulfide) groups is 1. The molecule has 0 unspecified atom stereocenters. The van der Waals surface area contributed by atoms with Crippen molar-refractivity contribution in [1.29, 1.82) is 0 Å². The second-order valence-electron chi connectivity index (χ2n) is 6.77. The first-order valence-electron chi connectivity index (χ1n) is 10.5. The SMILES string of the molecule is CCCOc1c(Cl)cc(CNCCCSc2nnnn2-c2ccccc2)cc1OCC. The molecular weight excluding hydrogens is 434 g/mol. The highest BCUT2D eigenvalue weighted by molar-refractivity contribution is 7.99. The molecule has 0 atom stereocenters. The van der Waals surface area contributed by atoms with Gasteiger partial charge in [-0.25, -0.2) is 0 Å². The number of nitrogens with zero attached hydrogens (tertiary/aromatic N) is 4. The fourth-order valence-electron chi connectivity index (χ4n) is 2.92. The van der Waals surface area contributed by atoms with Crippen molar-refractivity contribution in [2.24, 2.45) is 0 Å². The summed E-state index contributed by atoms with van der Waals surface area (Å²) < 4.78 is 13.3. The standard InChI is InChI=1S/C22H28ClN5O2S/c1-3-12-30-21-19(23)14-17(15-20(21)29-4-2)16-24-11-8-13-31-22-25-26-27-28(22)18-9-6-5-7-10-18/h5-7,9-10,14-15,24H,3-4,8,11-13,16H2,1-2H3. The molecule has 166 valence electrons. The zero-order chi connectivity index (χ0) is 21.9. The van der Waals surface area contributed by atoms with E-state index in [2.05, 4.69) is 27.8 Å². The van der Waals surface area contributed by atoms with Gasteiger partial charge >= 0.3 is 0 Å². The molecule has 0 saturated heterocycles. The molecule has 9 heteroatoms. The zero-order valence-corrected chi connectivity index (χ0v) is 19.5. The zero-order valence-electron chi connectivity index (χ0n) is 17.9. The second kappa shape index (κ2) is 12.5. The van der Waals surface area contributed by atoms with Gasteiger partial charge in [0, 0.05) is 12.3 Å². The molecule has 7 nitrogen and oxygen atoms in total. The number of benzene rings is 2. The Kier molecular flexibility index (Phi) is 9.45. The van der Waals surface area contributed by atoms with Crippen LogP contribution in [0.3, 0.4) is 0 Å². The first-order chi connectivity index (χ1) is 15.2. The van der Waals surface area contributed by atoms with E-state index in [0.29, 0.717) is 36.3 Å². The molecule has 0 aliphatic rings. The summed E-state index contributed by atoms with van der Waals surface area (Å²) in [5.74, 6) is 2.24. The summed E-state index contributed by atoms with van der Waals surface area (Å²) in [6, 6.07) is 13.8. The lowest BCUT2D eigenvalue weighted by Gasteiger charge is -2.15. The van der Waals surface area contributed by atoms with Crippen LogP contribution in [0.25, 0.3) is 5.69 Å². The minimum atomic E-state index is 0.565. The maximum absolute atomic E-state index is 6.43. The normalized spacial score (nSPS) is 10.9. The minimum Gasteiger partial charge on any atom is -0.490 e. The molecule has 0 aliphatic heterocycles. The smallest absolute Gasteiger partial charge is 0.214 e. The Hall–Kier alpha value is -2.29. The molecule has 0 amide bonds. The van der Waals surface area contributed by atoms with Crippen molar-refractivity contribution in [3.8, 4) is 17.2 Å². The van der Waals surface area contributed by atoms with Crippen molar-refractivity contribution in [3.63, 3.8) is 0 Å². The van der Waals surface area contributed by atoms with Crippen LogP contribution in [0.1, 0.15) is 32.3 Å². The van der Waals surface area contributed by atoms with Crippen LogP contribution in [0.5, 0.6) is 11.5 Å². The lowest BCUT2D eigenvalue weighted by atomic mass is 10.2. The number of halogens is 1. The summed E-state index contributed by atoms with van der Waals surface area (Å²) in [6.45, 7) is 6.77. The van der Waals surface area contributed by atoms with E-state index in [-0.39, 0.29) is 0 Å². The molecule has 0 saturated carbocycles. The number of rotatable bonds is 13. The van der Waals surface area contributed by atoms with Gasteiger partial charge in [0.2, 0.25) is 5.16 Å². The van der Waals surface area contributed by atoms with Gasteiger partial charge in [0.25, 0.3) is 0 Å². The second-order valence-corrected chi connectivity index (χ2v) is 8.24. The molecule has 1 N–H and O–H groups in total. The fourth-order valence-corrected chi connectivity index (χ4v) is 4.04. The van der Waals surface area contributed by atoms with Gasteiger partial charge in [-0.1, -0.05) is 48.5 Å². The van der Waals surface area contributed by atoms with Crippen molar-refractivity contribution >= 4 is 23.4 Å². The molecule has 0 radical (unpaired) electrons. The van der Waals surface area contributed by atoms with E-state index < -0.39 is 0 Å². The number of aromatic nitrogens is 4. The average Bonchev–Trinajstić information content (AvgIpc) is 3.25. The third kappa shape index (κ3) is 6.85. The molecule has 0 fully saturated rings. The van der Waals surface area contributed by atoms with Gasteiger partial charge in [0.15, 0.2) is 11.5 Å². The number of hydrogen-bond acceptors (Lipinski definition) is 7. The van der Waals surface area contributed by atoms with Crippen LogP contribution in [-0.2, 0) is 6.54 Å². The number of ether oxygens (including phenoxy) is 2. The Bertz CT molecular complexity index is 939. The predicted octanol–water partition coefficient (Wildman–Crippen LogP) is 4.78. The highest BCUT2D eigenvalue weighted by Crippen LogP contribution is 2.36. The Morgan fingerprint density at radius 2 is 1.97 bits per heavy atom. The molecule has 0 aliphatic carbocycles. The minimum absolute atomic E-state index is 0.565. The average molecular weight is 462 g/mol. The van der Waals surface area contributed by atoms with Crippen molar-refractivity contribution in [1.82, 2.24) is 25.5 Å². The molecule has 3 rings (SSSR count). The summed E-state index contributed by atoms with van der Waals surface area (Å²) in [5, 5.41) is 16.9. The topological polar surface area (TPSA) is 74.1 Å². The molecular formula is C22H28ClN5O2S. The van der Waals surface area contributed by atoms with Crippen LogP contribution in [-0.4, -0.2) is 45.7 Å².